The van der Waals surface area contributed by atoms with Gasteiger partial charge in [-0.05, 0) is 52.2 Å². The van der Waals surface area contributed by atoms with Gasteiger partial charge in [0.25, 0.3) is 0 Å². The van der Waals surface area contributed by atoms with Gasteiger partial charge in [0.2, 0.25) is 0 Å². The zero-order valence-electron chi connectivity index (χ0n) is 12.4. The van der Waals surface area contributed by atoms with Gasteiger partial charge in [0.1, 0.15) is 0 Å². The van der Waals surface area contributed by atoms with E-state index >= 15 is 0 Å². The van der Waals surface area contributed by atoms with Gasteiger partial charge in [0.15, 0.2) is 27.1 Å². The van der Waals surface area contributed by atoms with Gasteiger partial charge in [-0.1, -0.05) is 6.92 Å². The summed E-state index contributed by atoms with van der Waals surface area (Å²) in [4.78, 5) is 3.45. The normalized spacial score (nSPS) is 13.1. The molecule has 0 aromatic heterocycles. The van der Waals surface area contributed by atoms with Crippen LogP contribution in [0.25, 0.3) is 0 Å². The van der Waals surface area contributed by atoms with Crippen molar-refractivity contribution in [2.45, 2.75) is 52.6 Å². The highest BCUT2D eigenvalue weighted by Crippen LogP contribution is 2.12. The van der Waals surface area contributed by atoms with Gasteiger partial charge in [0.05, 0.1) is 0 Å². The zero-order chi connectivity index (χ0) is 13.5. The van der Waals surface area contributed by atoms with Gasteiger partial charge in [-0.2, -0.15) is 0 Å². The van der Waals surface area contributed by atoms with Crippen molar-refractivity contribution in [3.8, 4) is 0 Å². The van der Waals surface area contributed by atoms with Crippen molar-refractivity contribution in [2.75, 3.05) is 6.54 Å². The third-order valence-electron chi connectivity index (χ3n) is 1.76. The average Bonchev–Trinajstić information content (AvgIpc) is 2.11. The van der Waals surface area contributed by atoms with E-state index in [2.05, 4.69) is 51.2 Å². The van der Waals surface area contributed by atoms with Crippen LogP contribution in [0.1, 0.15) is 13.3 Å². The Labute approximate surface area is 113 Å². The van der Waals surface area contributed by atoms with Gasteiger partial charge in [-0.3, -0.25) is 4.98 Å². The number of nitrogens with one attached hydrogen (secondary N) is 1. The van der Waals surface area contributed by atoms with Crippen LogP contribution in [-0.2, 0) is 12.3 Å². The summed E-state index contributed by atoms with van der Waals surface area (Å²) in [6.45, 7) is 16.1. The molecule has 4 nitrogen and oxygen atoms in total. The topological polar surface area (TPSA) is 39.7 Å². The van der Waals surface area contributed by atoms with Crippen LogP contribution in [0.2, 0.25) is 39.3 Å². The number of rotatable bonds is 9. The Morgan fingerprint density at radius 1 is 0.824 bits per heavy atom. The fourth-order valence-corrected chi connectivity index (χ4v) is 12.6. The van der Waals surface area contributed by atoms with Crippen molar-refractivity contribution in [1.29, 1.82) is 0 Å². The average molecular weight is 312 g/mol. The summed E-state index contributed by atoms with van der Waals surface area (Å²) in [5.74, 6) is 0. The highest BCUT2D eigenvalue weighted by molar-refractivity contribution is 6.78. The summed E-state index contributed by atoms with van der Waals surface area (Å²) < 4.78 is 18.5. The monoisotopic (exact) mass is 311 g/mol. The Morgan fingerprint density at radius 2 is 1.18 bits per heavy atom. The maximum Gasteiger partial charge on any atom is 0.564 e. The van der Waals surface area contributed by atoms with Crippen LogP contribution in [0.5, 0.6) is 0 Å². The van der Waals surface area contributed by atoms with Crippen LogP contribution in [-0.4, -0.2) is 42.6 Å². The lowest BCUT2D eigenvalue weighted by molar-refractivity contribution is 0.249. The Morgan fingerprint density at radius 3 is 1.41 bits per heavy atom. The molecule has 0 saturated heterocycles. The molecular weight excluding hydrogens is 282 g/mol. The van der Waals surface area contributed by atoms with Gasteiger partial charge < -0.3 is 12.3 Å². The molecule has 0 aromatic rings. The molecule has 0 amide bonds. The minimum Gasteiger partial charge on any atom is -0.408 e. The summed E-state index contributed by atoms with van der Waals surface area (Å²) >= 11 is 0. The first-order chi connectivity index (χ1) is 7.81. The second kappa shape index (κ2) is 8.75. The van der Waals surface area contributed by atoms with E-state index in [0.29, 0.717) is 0 Å². The summed E-state index contributed by atoms with van der Waals surface area (Å²) in [6.07, 6.45) is 1.07. The lowest BCUT2D eigenvalue weighted by Gasteiger charge is -2.35. The predicted octanol–water partition coefficient (Wildman–Crippen LogP) is 1.42. The minimum atomic E-state index is -2.57. The van der Waals surface area contributed by atoms with Crippen LogP contribution in [0.15, 0.2) is 0 Å². The van der Waals surface area contributed by atoms with Crippen molar-refractivity contribution in [3.63, 3.8) is 0 Å². The second-order valence-corrected chi connectivity index (χ2v) is 15.6. The smallest absolute Gasteiger partial charge is 0.408 e. The van der Waals surface area contributed by atoms with E-state index in [0.717, 1.165) is 13.0 Å². The van der Waals surface area contributed by atoms with Crippen LogP contribution in [0.3, 0.4) is 0 Å². The van der Waals surface area contributed by atoms with Gasteiger partial charge in [-0.25, -0.2) is 0 Å². The fraction of sp³-hybridized carbons (Fsp3) is 1.00. The number of hydrogen-bond acceptors (Lipinski definition) is 4. The van der Waals surface area contributed by atoms with Crippen LogP contribution in [0.4, 0.5) is 0 Å². The van der Waals surface area contributed by atoms with Crippen molar-refractivity contribution in [1.82, 2.24) is 4.98 Å². The molecule has 17 heavy (non-hydrogen) atoms. The summed E-state index contributed by atoms with van der Waals surface area (Å²) in [7, 11) is -6.06. The Hall–Kier alpha value is 0.708. The van der Waals surface area contributed by atoms with E-state index in [4.69, 9.17) is 12.3 Å². The standard InChI is InChI=1S/C9H29NO3Si4/c1-8-9-10-17(11-14(2)3,12-15(4)5)13-16(6)7/h10,14-16H,8-9H2,1-7H3. The third kappa shape index (κ3) is 8.43. The molecule has 0 atom stereocenters. The molecule has 8 heteroatoms. The zero-order valence-corrected chi connectivity index (χ0v) is 16.8. The molecule has 0 aliphatic carbocycles. The largest absolute Gasteiger partial charge is 0.564 e. The molecule has 0 radical (unpaired) electrons. The van der Waals surface area contributed by atoms with Crippen molar-refractivity contribution in [3.05, 3.63) is 0 Å². The molecule has 0 heterocycles. The molecule has 0 unspecified atom stereocenters. The lowest BCUT2D eigenvalue weighted by Crippen LogP contribution is -2.64. The van der Waals surface area contributed by atoms with Crippen LogP contribution >= 0.6 is 0 Å². The van der Waals surface area contributed by atoms with Crippen molar-refractivity contribution in [2.24, 2.45) is 0 Å². The van der Waals surface area contributed by atoms with Gasteiger partial charge in [0, 0.05) is 0 Å². The van der Waals surface area contributed by atoms with Crippen LogP contribution < -0.4 is 4.98 Å². The second-order valence-electron chi connectivity index (χ2n) is 4.98. The SMILES string of the molecule is CCCN[Si](O[SiH](C)C)(O[SiH](C)C)O[SiH](C)C. The molecule has 104 valence electrons. The van der Waals surface area contributed by atoms with E-state index in [1.807, 2.05) is 0 Å². The molecule has 0 spiro atoms. The highest BCUT2D eigenvalue weighted by Gasteiger charge is 2.43. The molecule has 0 aromatic carbocycles. The molecule has 0 rings (SSSR count). The highest BCUT2D eigenvalue weighted by atomic mass is 28.5. The Balaban J connectivity index is 4.76. The number of hydrogen-bond donors (Lipinski definition) is 1. The van der Waals surface area contributed by atoms with E-state index in [9.17, 15) is 0 Å². The first-order valence-corrected chi connectivity index (χ1v) is 16.7. The maximum atomic E-state index is 6.15. The van der Waals surface area contributed by atoms with Crippen LogP contribution in [0, 0.1) is 0 Å². The molecule has 1 N–H and O–H groups in total. The summed E-state index contributed by atoms with van der Waals surface area (Å²) in [5, 5.41) is 0. The quantitative estimate of drug-likeness (QED) is 0.654. The molecule has 0 aliphatic heterocycles. The Bertz CT molecular complexity index is 178. The summed E-state index contributed by atoms with van der Waals surface area (Å²) in [6, 6.07) is 0. The van der Waals surface area contributed by atoms with E-state index in [-0.39, 0.29) is 0 Å². The van der Waals surface area contributed by atoms with E-state index in [1.54, 1.807) is 0 Å². The molecule has 0 fully saturated rings. The van der Waals surface area contributed by atoms with E-state index in [1.165, 1.54) is 0 Å². The van der Waals surface area contributed by atoms with Gasteiger partial charge >= 0.3 is 8.97 Å². The first-order valence-electron chi connectivity index (χ1n) is 6.59. The predicted molar refractivity (Wildman–Crippen MR) is 83.9 cm³/mol. The molecular formula is C9H29NO3Si4. The third-order valence-corrected chi connectivity index (χ3v) is 11.8. The summed E-state index contributed by atoms with van der Waals surface area (Å²) in [5.41, 5.74) is 0. The minimum absolute atomic E-state index is 0.912. The maximum absolute atomic E-state index is 6.15. The molecule has 0 saturated carbocycles. The van der Waals surface area contributed by atoms with Crippen molar-refractivity contribution >= 4 is 36.1 Å². The lowest BCUT2D eigenvalue weighted by atomic mass is 10.5. The molecule has 0 aliphatic rings. The Kier molecular flexibility index (Phi) is 9.11. The molecule has 0 bridgehead atoms. The van der Waals surface area contributed by atoms with E-state index < -0.39 is 36.1 Å². The first kappa shape index (κ1) is 17.7. The van der Waals surface area contributed by atoms with Gasteiger partial charge in [-0.15, -0.1) is 0 Å². The fourth-order valence-electron chi connectivity index (χ4n) is 1.42. The van der Waals surface area contributed by atoms with Crippen molar-refractivity contribution < 1.29 is 12.3 Å².